The van der Waals surface area contributed by atoms with Gasteiger partial charge in [-0.25, -0.2) is 0 Å². The molecule has 0 aromatic rings. The van der Waals surface area contributed by atoms with Crippen LogP contribution in [0.3, 0.4) is 0 Å². The van der Waals surface area contributed by atoms with E-state index in [4.69, 9.17) is 14.2 Å². The summed E-state index contributed by atoms with van der Waals surface area (Å²) in [6.45, 7) is 6.56. The molecule has 6 nitrogen and oxygen atoms in total. The highest BCUT2D eigenvalue weighted by Crippen LogP contribution is 2.14. The monoisotopic (exact) mass is 733 g/mol. The molecule has 1 atom stereocenters. The lowest BCUT2D eigenvalue weighted by Crippen LogP contribution is -2.30. The van der Waals surface area contributed by atoms with Crippen molar-refractivity contribution < 1.29 is 28.6 Å². The van der Waals surface area contributed by atoms with Crippen molar-refractivity contribution >= 4 is 17.9 Å². The number of ether oxygens (including phenoxy) is 3. The molecule has 0 N–H and O–H groups in total. The average molecular weight is 733 g/mol. The average Bonchev–Trinajstić information content (AvgIpc) is 3.14. The summed E-state index contributed by atoms with van der Waals surface area (Å²) in [7, 11) is 0. The lowest BCUT2D eigenvalue weighted by Gasteiger charge is -2.18. The van der Waals surface area contributed by atoms with Gasteiger partial charge in [0.25, 0.3) is 0 Å². The molecule has 0 saturated carbocycles. The van der Waals surface area contributed by atoms with Gasteiger partial charge in [-0.05, 0) is 44.9 Å². The molecule has 0 amide bonds. The first-order chi connectivity index (χ1) is 25.5. The van der Waals surface area contributed by atoms with Gasteiger partial charge >= 0.3 is 17.9 Å². The van der Waals surface area contributed by atoms with Crippen molar-refractivity contribution in [2.45, 2.75) is 239 Å². The Morgan fingerprint density at radius 1 is 0.385 bits per heavy atom. The number of hydrogen-bond acceptors (Lipinski definition) is 6. The van der Waals surface area contributed by atoms with Gasteiger partial charge in [0, 0.05) is 19.3 Å². The number of rotatable bonds is 40. The normalized spacial score (nSPS) is 12.1. The molecule has 0 aliphatic carbocycles. The van der Waals surface area contributed by atoms with Gasteiger partial charge in [-0.15, -0.1) is 0 Å². The molecule has 0 radical (unpaired) electrons. The summed E-state index contributed by atoms with van der Waals surface area (Å²) in [6, 6.07) is 0. The zero-order valence-corrected chi connectivity index (χ0v) is 34.6. The summed E-state index contributed by atoms with van der Waals surface area (Å²) in [4.78, 5) is 37.6. The van der Waals surface area contributed by atoms with E-state index in [0.717, 1.165) is 64.2 Å². The fourth-order valence-electron chi connectivity index (χ4n) is 6.31. The third-order valence-corrected chi connectivity index (χ3v) is 9.74. The standard InChI is InChI=1S/C46H84O6/c1-4-7-10-13-16-19-21-22-23-24-25-28-30-33-36-39-45(48)51-42-43(41-50-44(47)38-35-32-29-26-18-15-12-9-6-3)52-46(49)40-37-34-31-27-20-17-14-11-8-5-2/h16,19,21-22,43H,4-15,17-18,20,23-42H2,1-3H3/b19-16-,22-21-. The Hall–Kier alpha value is -2.11. The lowest BCUT2D eigenvalue weighted by atomic mass is 10.1. The first-order valence-corrected chi connectivity index (χ1v) is 22.4. The molecule has 6 heteroatoms. The summed E-state index contributed by atoms with van der Waals surface area (Å²) in [5, 5.41) is 0. The minimum atomic E-state index is -0.766. The number of hydrogen-bond donors (Lipinski definition) is 0. The van der Waals surface area contributed by atoms with Gasteiger partial charge in [0.1, 0.15) is 13.2 Å². The van der Waals surface area contributed by atoms with E-state index in [2.05, 4.69) is 45.1 Å². The second-order valence-electron chi connectivity index (χ2n) is 15.0. The minimum absolute atomic E-state index is 0.0717. The van der Waals surface area contributed by atoms with Crippen molar-refractivity contribution in [3.8, 4) is 0 Å². The van der Waals surface area contributed by atoms with Crippen LogP contribution in [-0.4, -0.2) is 37.2 Å². The zero-order chi connectivity index (χ0) is 38.0. The largest absolute Gasteiger partial charge is 0.462 e. The molecule has 0 aromatic carbocycles. The van der Waals surface area contributed by atoms with Crippen LogP contribution in [-0.2, 0) is 28.6 Å². The molecule has 0 fully saturated rings. The fraction of sp³-hybridized carbons (Fsp3) is 0.848. The van der Waals surface area contributed by atoms with Gasteiger partial charge in [-0.2, -0.15) is 0 Å². The van der Waals surface area contributed by atoms with Crippen LogP contribution in [0.4, 0.5) is 0 Å². The van der Waals surface area contributed by atoms with Crippen molar-refractivity contribution in [1.29, 1.82) is 0 Å². The molecule has 0 aliphatic rings. The van der Waals surface area contributed by atoms with Gasteiger partial charge in [0.2, 0.25) is 0 Å². The topological polar surface area (TPSA) is 78.9 Å². The molecular weight excluding hydrogens is 648 g/mol. The number of carbonyl (C=O) groups is 3. The number of esters is 3. The number of allylic oxidation sites excluding steroid dienone is 4. The summed E-state index contributed by atoms with van der Waals surface area (Å²) in [5.74, 6) is -0.884. The molecule has 0 aliphatic heterocycles. The SMILES string of the molecule is CCCCC/C=C\C=C/CCCCCCCCC(=O)OCC(COC(=O)CCCCCCCCCCC)OC(=O)CCCCCCCCCCCC. The smallest absolute Gasteiger partial charge is 0.306 e. The predicted octanol–water partition coefficient (Wildman–Crippen LogP) is 14.0. The molecule has 0 aromatic heterocycles. The molecule has 52 heavy (non-hydrogen) atoms. The maximum atomic E-state index is 12.7. The second kappa shape index (κ2) is 41.6. The highest BCUT2D eigenvalue weighted by atomic mass is 16.6. The van der Waals surface area contributed by atoms with Gasteiger partial charge in [-0.3, -0.25) is 14.4 Å². The highest BCUT2D eigenvalue weighted by molar-refractivity contribution is 5.71. The van der Waals surface area contributed by atoms with Gasteiger partial charge in [0.05, 0.1) is 0 Å². The maximum Gasteiger partial charge on any atom is 0.306 e. The maximum absolute atomic E-state index is 12.7. The first-order valence-electron chi connectivity index (χ1n) is 22.4. The van der Waals surface area contributed by atoms with Gasteiger partial charge in [-0.1, -0.05) is 193 Å². The lowest BCUT2D eigenvalue weighted by molar-refractivity contribution is -0.167. The van der Waals surface area contributed by atoms with Crippen LogP contribution in [0, 0.1) is 0 Å². The van der Waals surface area contributed by atoms with E-state index in [1.807, 2.05) is 0 Å². The molecular formula is C46H84O6. The molecule has 0 rings (SSSR count). The van der Waals surface area contributed by atoms with E-state index >= 15 is 0 Å². The van der Waals surface area contributed by atoms with Crippen molar-refractivity contribution in [3.63, 3.8) is 0 Å². The Morgan fingerprint density at radius 3 is 1.06 bits per heavy atom. The second-order valence-corrected chi connectivity index (χ2v) is 15.0. The van der Waals surface area contributed by atoms with Crippen LogP contribution < -0.4 is 0 Å². The minimum Gasteiger partial charge on any atom is -0.462 e. The Morgan fingerprint density at radius 2 is 0.673 bits per heavy atom. The van der Waals surface area contributed by atoms with E-state index in [9.17, 15) is 14.4 Å². The molecule has 304 valence electrons. The summed E-state index contributed by atoms with van der Waals surface area (Å²) in [5.41, 5.74) is 0. The fourth-order valence-corrected chi connectivity index (χ4v) is 6.31. The van der Waals surface area contributed by atoms with E-state index in [0.29, 0.717) is 19.3 Å². The quantitative estimate of drug-likeness (QED) is 0.0270. The van der Waals surface area contributed by atoms with Crippen molar-refractivity contribution in [1.82, 2.24) is 0 Å². The Balaban J connectivity index is 4.33. The number of carbonyl (C=O) groups excluding carboxylic acids is 3. The van der Waals surface area contributed by atoms with Crippen LogP contribution in [0.25, 0.3) is 0 Å². The van der Waals surface area contributed by atoms with Crippen molar-refractivity contribution in [2.75, 3.05) is 13.2 Å². The van der Waals surface area contributed by atoms with Gasteiger partial charge < -0.3 is 14.2 Å². The van der Waals surface area contributed by atoms with Crippen molar-refractivity contribution in [2.24, 2.45) is 0 Å². The van der Waals surface area contributed by atoms with Crippen molar-refractivity contribution in [3.05, 3.63) is 24.3 Å². The van der Waals surface area contributed by atoms with Gasteiger partial charge in [0.15, 0.2) is 6.10 Å². The van der Waals surface area contributed by atoms with Crippen LogP contribution in [0.1, 0.15) is 233 Å². The predicted molar refractivity (Wildman–Crippen MR) is 219 cm³/mol. The Labute approximate surface area is 322 Å². The van der Waals surface area contributed by atoms with E-state index in [-0.39, 0.29) is 31.1 Å². The zero-order valence-electron chi connectivity index (χ0n) is 34.6. The molecule has 1 unspecified atom stereocenters. The highest BCUT2D eigenvalue weighted by Gasteiger charge is 2.19. The van der Waals surface area contributed by atoms with Crippen LogP contribution in [0.5, 0.6) is 0 Å². The molecule has 0 heterocycles. The summed E-state index contributed by atoms with van der Waals surface area (Å²) in [6.07, 6.45) is 44.4. The van der Waals surface area contributed by atoms with E-state index < -0.39 is 6.10 Å². The number of unbranched alkanes of at least 4 members (excludes halogenated alkanes) is 26. The third-order valence-electron chi connectivity index (χ3n) is 9.74. The van der Waals surface area contributed by atoms with E-state index in [1.165, 1.54) is 128 Å². The first kappa shape index (κ1) is 49.9. The Kier molecular flexibility index (Phi) is 40.0. The molecule has 0 spiro atoms. The van der Waals surface area contributed by atoms with Crippen LogP contribution in [0.2, 0.25) is 0 Å². The summed E-state index contributed by atoms with van der Waals surface area (Å²) >= 11 is 0. The molecule has 0 saturated heterocycles. The van der Waals surface area contributed by atoms with E-state index in [1.54, 1.807) is 0 Å². The third kappa shape index (κ3) is 39.1. The van der Waals surface area contributed by atoms with Crippen LogP contribution in [0.15, 0.2) is 24.3 Å². The summed E-state index contributed by atoms with van der Waals surface area (Å²) < 4.78 is 16.7. The molecule has 0 bridgehead atoms. The Bertz CT molecular complexity index is 850. The van der Waals surface area contributed by atoms with Crippen LogP contribution >= 0.6 is 0 Å².